The smallest absolute Gasteiger partial charge is 0.341 e. The molecule has 0 bridgehead atoms. The third-order valence-corrected chi connectivity index (χ3v) is 9.27. The number of benzene rings is 2. The zero-order chi connectivity index (χ0) is 29.6. The van der Waals surface area contributed by atoms with Crippen molar-refractivity contribution >= 4 is 40.0 Å². The summed E-state index contributed by atoms with van der Waals surface area (Å²) in [5.41, 5.74) is 6.19. The van der Waals surface area contributed by atoms with Crippen LogP contribution in [0.2, 0.25) is 0 Å². The van der Waals surface area contributed by atoms with Crippen molar-refractivity contribution in [2.45, 2.75) is 44.6 Å². The second-order valence-electron chi connectivity index (χ2n) is 9.91. The number of pyridine rings is 1. The third kappa shape index (κ3) is 6.35. The van der Waals surface area contributed by atoms with Crippen LogP contribution in [0.1, 0.15) is 51.7 Å². The summed E-state index contributed by atoms with van der Waals surface area (Å²) in [5.74, 6) is 0.0601. The van der Waals surface area contributed by atoms with E-state index >= 15 is 0 Å². The fourth-order valence-electron chi connectivity index (χ4n) is 4.97. The highest BCUT2D eigenvalue weighted by atomic mass is 32.2. The Hall–Kier alpha value is -4.13. The average molecular weight is 598 g/mol. The molecule has 1 amide bonds. The van der Waals surface area contributed by atoms with E-state index in [9.17, 15) is 14.9 Å². The van der Waals surface area contributed by atoms with Gasteiger partial charge in [-0.05, 0) is 68.9 Å². The molecule has 1 aliphatic carbocycles. The Morgan fingerprint density at radius 2 is 1.79 bits per heavy atom. The Balaban J connectivity index is 1.46. The number of thiophene rings is 1. The second-order valence-corrected chi connectivity index (χ2v) is 12.0. The number of rotatable bonds is 9. The van der Waals surface area contributed by atoms with Crippen molar-refractivity contribution in [2.24, 2.45) is 0 Å². The van der Waals surface area contributed by atoms with Gasteiger partial charge in [0.1, 0.15) is 21.8 Å². The van der Waals surface area contributed by atoms with Gasteiger partial charge in [0.25, 0.3) is 0 Å². The van der Waals surface area contributed by atoms with Gasteiger partial charge in [-0.3, -0.25) is 4.79 Å². The van der Waals surface area contributed by atoms with Gasteiger partial charge in [0.2, 0.25) is 5.91 Å². The number of anilines is 1. The Bertz CT molecular complexity index is 1650. The lowest BCUT2D eigenvalue weighted by molar-refractivity contribution is -0.113. The molecular formula is C33H31N3O4S2. The number of aryl methyl sites for hydroxylation is 2. The molecule has 0 radical (unpaired) electrons. The summed E-state index contributed by atoms with van der Waals surface area (Å²) in [5, 5.41) is 14.2. The molecule has 0 saturated carbocycles. The summed E-state index contributed by atoms with van der Waals surface area (Å²) in [7, 11) is 1.61. The molecule has 4 aromatic rings. The van der Waals surface area contributed by atoms with Gasteiger partial charge < -0.3 is 14.8 Å². The van der Waals surface area contributed by atoms with Crippen LogP contribution in [-0.4, -0.2) is 36.3 Å². The Morgan fingerprint density at radius 1 is 1.07 bits per heavy atom. The van der Waals surface area contributed by atoms with Gasteiger partial charge >= 0.3 is 5.97 Å². The van der Waals surface area contributed by atoms with Crippen LogP contribution in [0.5, 0.6) is 5.75 Å². The van der Waals surface area contributed by atoms with Gasteiger partial charge in [-0.2, -0.15) is 5.26 Å². The molecule has 1 aliphatic rings. The number of nitriles is 1. The van der Waals surface area contributed by atoms with Crippen molar-refractivity contribution in [3.8, 4) is 34.2 Å². The molecule has 0 saturated heterocycles. The number of ether oxygens (including phenoxy) is 2. The molecule has 0 spiro atoms. The summed E-state index contributed by atoms with van der Waals surface area (Å²) < 4.78 is 10.6. The van der Waals surface area contributed by atoms with Crippen LogP contribution >= 0.6 is 23.1 Å². The molecule has 0 fully saturated rings. The summed E-state index contributed by atoms with van der Waals surface area (Å²) in [4.78, 5) is 32.0. The van der Waals surface area contributed by atoms with Crippen molar-refractivity contribution in [3.63, 3.8) is 0 Å². The van der Waals surface area contributed by atoms with Gasteiger partial charge in [-0.15, -0.1) is 11.3 Å². The zero-order valence-corrected chi connectivity index (χ0v) is 25.4. The molecule has 2 aromatic carbocycles. The first kappa shape index (κ1) is 29.4. The fraction of sp³-hybridized carbons (Fsp3) is 0.273. The highest BCUT2D eigenvalue weighted by molar-refractivity contribution is 8.00. The molecule has 42 heavy (non-hydrogen) atoms. The van der Waals surface area contributed by atoms with E-state index in [0.29, 0.717) is 32.6 Å². The first-order valence-corrected chi connectivity index (χ1v) is 15.6. The number of thioether (sulfide) groups is 1. The molecule has 0 unspecified atom stereocenters. The molecule has 1 N–H and O–H groups in total. The Kier molecular flexibility index (Phi) is 9.25. The maximum Gasteiger partial charge on any atom is 0.341 e. The predicted octanol–water partition coefficient (Wildman–Crippen LogP) is 7.45. The fourth-order valence-corrected chi connectivity index (χ4v) is 7.07. The zero-order valence-electron chi connectivity index (χ0n) is 23.8. The topological polar surface area (TPSA) is 101 Å². The first-order chi connectivity index (χ1) is 20.4. The van der Waals surface area contributed by atoms with Crippen LogP contribution in [0.3, 0.4) is 0 Å². The average Bonchev–Trinajstić information content (AvgIpc) is 3.37. The maximum absolute atomic E-state index is 13.2. The predicted molar refractivity (Wildman–Crippen MR) is 167 cm³/mol. The summed E-state index contributed by atoms with van der Waals surface area (Å²) in [6.45, 7) is 4.06. The number of fused-ring (bicyclic) bond motifs is 1. The van der Waals surface area contributed by atoms with Crippen molar-refractivity contribution in [1.82, 2.24) is 4.98 Å². The van der Waals surface area contributed by atoms with Crippen LogP contribution in [-0.2, 0) is 22.4 Å². The number of esters is 1. The van der Waals surface area contributed by atoms with Crippen molar-refractivity contribution < 1.29 is 19.1 Å². The molecule has 214 valence electrons. The first-order valence-electron chi connectivity index (χ1n) is 13.8. The Labute approximate surface area is 253 Å². The molecule has 7 nitrogen and oxygen atoms in total. The van der Waals surface area contributed by atoms with Crippen LogP contribution in [0.15, 0.2) is 59.6 Å². The number of carbonyl (C=O) groups excluding carboxylic acids is 2. The number of hydrogen-bond acceptors (Lipinski definition) is 8. The third-order valence-electron chi connectivity index (χ3n) is 7.09. The Morgan fingerprint density at radius 3 is 2.48 bits per heavy atom. The van der Waals surface area contributed by atoms with E-state index in [0.717, 1.165) is 58.4 Å². The lowest BCUT2D eigenvalue weighted by Crippen LogP contribution is -2.17. The molecular weight excluding hydrogens is 567 g/mol. The van der Waals surface area contributed by atoms with Crippen molar-refractivity contribution in [3.05, 3.63) is 81.7 Å². The van der Waals surface area contributed by atoms with Gasteiger partial charge in [0.15, 0.2) is 0 Å². The minimum absolute atomic E-state index is 0.0198. The van der Waals surface area contributed by atoms with Gasteiger partial charge in [-0.25, -0.2) is 9.78 Å². The SMILES string of the molecule is CCOC(=O)c1c(NC(=O)CSc2nc(-c3ccc(C)cc3)cc(-c3ccc(OC)cc3)c2C#N)sc2c1CCCC2. The van der Waals surface area contributed by atoms with Crippen molar-refractivity contribution in [2.75, 3.05) is 24.8 Å². The number of aromatic nitrogens is 1. The van der Waals surface area contributed by atoms with E-state index in [2.05, 4.69) is 11.4 Å². The van der Waals surface area contributed by atoms with E-state index in [1.807, 2.05) is 61.5 Å². The lowest BCUT2D eigenvalue weighted by atomic mass is 9.95. The second kappa shape index (κ2) is 13.2. The van der Waals surface area contributed by atoms with Crippen LogP contribution in [0, 0.1) is 18.3 Å². The summed E-state index contributed by atoms with van der Waals surface area (Å²) in [6.07, 6.45) is 3.78. The van der Waals surface area contributed by atoms with E-state index in [1.165, 1.54) is 23.1 Å². The molecule has 0 atom stereocenters. The normalized spacial score (nSPS) is 12.2. The minimum atomic E-state index is -0.400. The van der Waals surface area contributed by atoms with Gasteiger partial charge in [-0.1, -0.05) is 53.7 Å². The largest absolute Gasteiger partial charge is 0.497 e. The summed E-state index contributed by atoms with van der Waals surface area (Å²) in [6, 6.07) is 19.8. The molecule has 2 heterocycles. The number of carbonyl (C=O) groups is 2. The highest BCUT2D eigenvalue weighted by Gasteiger charge is 2.27. The standard InChI is InChI=1S/C33H31N3O4S2/c1-4-40-33(38)30-24-7-5-6-8-28(24)42-32(30)36-29(37)19-41-31-26(18-34)25(21-13-15-23(39-3)16-14-21)17-27(35-31)22-11-9-20(2)10-12-22/h9-17H,4-8,19H2,1-3H3,(H,36,37). The maximum atomic E-state index is 13.2. The number of methoxy groups -OCH3 is 1. The van der Waals surface area contributed by atoms with E-state index in [1.54, 1.807) is 14.0 Å². The van der Waals surface area contributed by atoms with Crippen LogP contribution < -0.4 is 10.1 Å². The van der Waals surface area contributed by atoms with Crippen molar-refractivity contribution in [1.29, 1.82) is 5.26 Å². The minimum Gasteiger partial charge on any atom is -0.497 e. The number of nitrogens with one attached hydrogen (secondary N) is 1. The number of hydrogen-bond donors (Lipinski definition) is 1. The number of nitrogens with zero attached hydrogens (tertiary/aromatic N) is 2. The highest BCUT2D eigenvalue weighted by Crippen LogP contribution is 2.39. The quantitative estimate of drug-likeness (QED) is 0.158. The lowest BCUT2D eigenvalue weighted by Gasteiger charge is -2.13. The number of amides is 1. The molecule has 9 heteroatoms. The van der Waals surface area contributed by atoms with Gasteiger partial charge in [0.05, 0.1) is 36.3 Å². The summed E-state index contributed by atoms with van der Waals surface area (Å²) >= 11 is 2.66. The molecule has 5 rings (SSSR count). The van der Waals surface area contributed by atoms with E-state index in [4.69, 9.17) is 14.5 Å². The van der Waals surface area contributed by atoms with E-state index in [-0.39, 0.29) is 18.3 Å². The van der Waals surface area contributed by atoms with Gasteiger partial charge in [0, 0.05) is 16.0 Å². The monoisotopic (exact) mass is 597 g/mol. The van der Waals surface area contributed by atoms with E-state index < -0.39 is 5.97 Å². The molecule has 0 aliphatic heterocycles. The van der Waals surface area contributed by atoms with Crippen LogP contribution in [0.25, 0.3) is 22.4 Å². The van der Waals surface area contributed by atoms with Crippen LogP contribution in [0.4, 0.5) is 5.00 Å². The molecule has 2 aromatic heterocycles.